The first-order valence-corrected chi connectivity index (χ1v) is 10.7. The number of rotatable bonds is 4. The first-order chi connectivity index (χ1) is 14.4. The van der Waals surface area contributed by atoms with Crippen LogP contribution in [-0.2, 0) is 9.53 Å². The lowest BCUT2D eigenvalue weighted by Crippen LogP contribution is -3.17. The molecule has 2 aliphatic carbocycles. The summed E-state index contributed by atoms with van der Waals surface area (Å²) in [6.07, 6.45) is 5.17. The maximum Gasteiger partial charge on any atom is 0.517 e. The van der Waals surface area contributed by atoms with E-state index in [2.05, 4.69) is 22.9 Å². The molecule has 158 valence electrons. The van der Waals surface area contributed by atoms with Crippen LogP contribution in [0.5, 0.6) is 0 Å². The molecule has 0 spiro atoms. The van der Waals surface area contributed by atoms with E-state index in [1.165, 1.54) is 5.32 Å². The summed E-state index contributed by atoms with van der Waals surface area (Å²) in [6.45, 7) is 8.99. The number of primary amides is 1. The molecule has 7 nitrogen and oxygen atoms in total. The van der Waals surface area contributed by atoms with Crippen LogP contribution in [0.4, 0.5) is 10.6 Å². The van der Waals surface area contributed by atoms with Gasteiger partial charge in [-0.2, -0.15) is 4.79 Å². The van der Waals surface area contributed by atoms with Gasteiger partial charge in [-0.25, -0.2) is 15.1 Å². The highest BCUT2D eigenvalue weighted by atomic mass is 35.5. The predicted octanol–water partition coefficient (Wildman–Crippen LogP) is 0.596. The van der Waals surface area contributed by atoms with Crippen LogP contribution >= 0.6 is 11.6 Å². The molecule has 1 fully saturated rings. The molecule has 0 aromatic carbocycles. The second-order valence-corrected chi connectivity index (χ2v) is 8.30. The van der Waals surface area contributed by atoms with Crippen LogP contribution in [-0.4, -0.2) is 49.8 Å². The highest BCUT2D eigenvalue weighted by molar-refractivity contribution is 6.34. The van der Waals surface area contributed by atoms with E-state index in [1.54, 1.807) is 6.92 Å². The van der Waals surface area contributed by atoms with E-state index in [4.69, 9.17) is 16.3 Å². The highest BCUT2D eigenvalue weighted by Gasteiger charge is 2.46. The van der Waals surface area contributed by atoms with Gasteiger partial charge in [-0.1, -0.05) is 23.7 Å². The third kappa shape index (κ3) is 3.93. The van der Waals surface area contributed by atoms with Crippen molar-refractivity contribution in [3.8, 4) is 0 Å². The largest absolute Gasteiger partial charge is 0.517 e. The number of hydrogen-bond acceptors (Lipinski definition) is 5. The number of pyridine rings is 1. The van der Waals surface area contributed by atoms with Gasteiger partial charge in [-0.3, -0.25) is 4.90 Å². The van der Waals surface area contributed by atoms with Crippen molar-refractivity contribution in [3.05, 3.63) is 57.4 Å². The molecule has 30 heavy (non-hydrogen) atoms. The first kappa shape index (κ1) is 20.8. The van der Waals surface area contributed by atoms with E-state index >= 15 is 0 Å². The lowest BCUT2D eigenvalue weighted by molar-refractivity contribution is -0.819. The van der Waals surface area contributed by atoms with Crippen LogP contribution in [0.25, 0.3) is 0 Å². The third-order valence-corrected chi connectivity index (χ3v) is 6.20. The molecule has 1 aromatic heterocycles. The Morgan fingerprint density at radius 3 is 2.73 bits per heavy atom. The Labute approximate surface area is 181 Å². The molecule has 1 aliphatic heterocycles. The van der Waals surface area contributed by atoms with Crippen LogP contribution in [0, 0.1) is 19.8 Å². The van der Waals surface area contributed by atoms with E-state index in [9.17, 15) is 9.59 Å². The summed E-state index contributed by atoms with van der Waals surface area (Å²) in [4.78, 5) is 33.1. The molecular weight excluding hydrogens is 404 g/mol. The van der Waals surface area contributed by atoms with Crippen molar-refractivity contribution in [2.75, 3.05) is 37.7 Å². The van der Waals surface area contributed by atoms with Crippen LogP contribution in [0.1, 0.15) is 18.1 Å². The molecule has 0 radical (unpaired) electrons. The number of nitrogens with one attached hydrogen (secondary N) is 1. The number of halogens is 1. The Morgan fingerprint density at radius 1 is 1.33 bits per heavy atom. The number of aryl methyl sites for hydroxylation is 2. The molecular formula is C22H27ClN4O3+2. The summed E-state index contributed by atoms with van der Waals surface area (Å²) in [5.74, 6) is 1.02. The SMILES string of the molecule is CCOC(=O)[NH2+]C1=C(C(=O)[NH+]2CCN(c3ncc(C)cc3C)CC2)C=CC2C(Cl)=C12. The number of anilines is 1. The summed E-state index contributed by atoms with van der Waals surface area (Å²) in [5, 5.41) is 2.11. The fourth-order valence-electron chi connectivity index (χ4n) is 4.22. The summed E-state index contributed by atoms with van der Waals surface area (Å²) in [7, 11) is 0. The number of aromatic nitrogens is 1. The standard InChI is InChI=1S/C22H25ClN4O3/c1-4-30-22(29)25-19-16(6-5-15-17(19)18(15)23)21(28)27-9-7-26(8-10-27)20-14(3)11-13(2)12-24-20/h5-6,11-12,15H,4,7-10H2,1-3H3,(H,25,29)/p+2. The van der Waals surface area contributed by atoms with E-state index < -0.39 is 6.09 Å². The zero-order valence-corrected chi connectivity index (χ0v) is 18.3. The minimum absolute atomic E-state index is 0.00245. The van der Waals surface area contributed by atoms with E-state index in [-0.39, 0.29) is 18.4 Å². The molecule has 0 saturated carbocycles. The van der Waals surface area contributed by atoms with Crippen LogP contribution in [0.2, 0.25) is 0 Å². The number of allylic oxidation sites excluding steroid dienone is 3. The van der Waals surface area contributed by atoms with Gasteiger partial charge in [0.25, 0.3) is 0 Å². The monoisotopic (exact) mass is 430 g/mol. The van der Waals surface area contributed by atoms with Crippen molar-refractivity contribution in [1.29, 1.82) is 0 Å². The van der Waals surface area contributed by atoms with Gasteiger partial charge in [0.1, 0.15) is 24.5 Å². The van der Waals surface area contributed by atoms with Crippen molar-refractivity contribution < 1.29 is 24.5 Å². The topological polar surface area (TPSA) is 80.5 Å². The Hall–Kier alpha value is -2.48. The normalized spacial score (nSPS) is 21.1. The molecule has 3 N–H and O–H groups in total. The summed E-state index contributed by atoms with van der Waals surface area (Å²) in [6, 6.07) is 2.13. The van der Waals surface area contributed by atoms with Gasteiger partial charge in [0, 0.05) is 22.7 Å². The zero-order chi connectivity index (χ0) is 21.4. The summed E-state index contributed by atoms with van der Waals surface area (Å²) in [5.41, 5.74) is 4.31. The smallest absolute Gasteiger partial charge is 0.420 e. The fraction of sp³-hybridized carbons (Fsp3) is 0.409. The molecule has 3 aliphatic rings. The maximum atomic E-state index is 13.3. The Morgan fingerprint density at radius 2 is 2.07 bits per heavy atom. The average Bonchev–Trinajstić information content (AvgIpc) is 3.38. The Balaban J connectivity index is 1.49. The van der Waals surface area contributed by atoms with Crippen LogP contribution in [0.15, 0.2) is 46.3 Å². The third-order valence-electron chi connectivity index (χ3n) is 5.76. The minimum Gasteiger partial charge on any atom is -0.420 e. The second kappa shape index (κ2) is 8.34. The molecule has 0 bridgehead atoms. The van der Waals surface area contributed by atoms with E-state index in [1.807, 2.05) is 25.3 Å². The van der Waals surface area contributed by atoms with Crippen LogP contribution in [0.3, 0.4) is 0 Å². The Kier molecular flexibility index (Phi) is 5.77. The Bertz CT molecular complexity index is 990. The number of carbonyl (C=O) groups is 2. The molecule has 1 unspecified atom stereocenters. The number of fused-ring (bicyclic) bond motifs is 1. The number of ether oxygens (including phenoxy) is 1. The number of nitrogens with two attached hydrogens (primary N) is 1. The molecule has 1 atom stereocenters. The molecule has 2 heterocycles. The zero-order valence-electron chi connectivity index (χ0n) is 17.5. The first-order valence-electron chi connectivity index (χ1n) is 10.3. The molecule has 4 rings (SSSR count). The quantitative estimate of drug-likeness (QED) is 0.731. The fourth-order valence-corrected chi connectivity index (χ4v) is 4.56. The van der Waals surface area contributed by atoms with Gasteiger partial charge in [-0.05, 0) is 38.0 Å². The number of amides is 2. The van der Waals surface area contributed by atoms with E-state index in [0.717, 1.165) is 40.5 Å². The van der Waals surface area contributed by atoms with Crippen molar-refractivity contribution >= 4 is 29.4 Å². The maximum absolute atomic E-state index is 13.3. The number of hydrogen-bond donors (Lipinski definition) is 2. The van der Waals surface area contributed by atoms with Gasteiger partial charge in [0.15, 0.2) is 5.70 Å². The van der Waals surface area contributed by atoms with Gasteiger partial charge in [0.2, 0.25) is 0 Å². The van der Waals surface area contributed by atoms with Crippen molar-refractivity contribution in [2.24, 2.45) is 5.92 Å². The molecule has 2 amide bonds. The molecule has 1 aromatic rings. The number of nitrogens with zero attached hydrogens (tertiary/aromatic N) is 2. The van der Waals surface area contributed by atoms with Gasteiger partial charge >= 0.3 is 12.0 Å². The number of quaternary nitrogens is 2. The van der Waals surface area contributed by atoms with Crippen molar-refractivity contribution in [3.63, 3.8) is 0 Å². The van der Waals surface area contributed by atoms with Crippen molar-refractivity contribution in [2.45, 2.75) is 20.8 Å². The second-order valence-electron chi connectivity index (χ2n) is 7.90. The van der Waals surface area contributed by atoms with E-state index in [0.29, 0.717) is 29.4 Å². The van der Waals surface area contributed by atoms with Gasteiger partial charge in [-0.15, -0.1) is 0 Å². The van der Waals surface area contributed by atoms with Gasteiger partial charge in [0.05, 0.1) is 19.7 Å². The number of carbonyl (C=O) groups excluding carboxylic acids is 2. The predicted molar refractivity (Wildman–Crippen MR) is 113 cm³/mol. The van der Waals surface area contributed by atoms with Crippen molar-refractivity contribution in [1.82, 2.24) is 4.98 Å². The minimum atomic E-state index is -0.448. The number of piperazine rings is 1. The lowest BCUT2D eigenvalue weighted by atomic mass is 10.0. The molecule has 1 saturated heterocycles. The average molecular weight is 431 g/mol. The molecule has 8 heteroatoms. The summed E-state index contributed by atoms with van der Waals surface area (Å²) < 4.78 is 5.05. The van der Waals surface area contributed by atoms with Crippen LogP contribution < -0.4 is 15.1 Å². The summed E-state index contributed by atoms with van der Waals surface area (Å²) >= 11 is 6.27. The highest BCUT2D eigenvalue weighted by Crippen LogP contribution is 2.49. The lowest BCUT2D eigenvalue weighted by Gasteiger charge is -2.32. The van der Waals surface area contributed by atoms with Gasteiger partial charge < -0.3 is 9.64 Å².